The lowest BCUT2D eigenvalue weighted by molar-refractivity contribution is -0.125. The Hall–Kier alpha value is -3.23. The molecule has 1 aliphatic rings. The third kappa shape index (κ3) is 6.37. The molecule has 1 heterocycles. The molecule has 0 bridgehead atoms. The molecule has 8 heteroatoms. The Kier molecular flexibility index (Phi) is 7.75. The third-order valence-electron chi connectivity index (χ3n) is 4.88. The topological polar surface area (TPSA) is 96.9 Å². The minimum Gasteiger partial charge on any atom is -0.497 e. The van der Waals surface area contributed by atoms with Crippen molar-refractivity contribution in [2.75, 3.05) is 13.7 Å². The predicted octanol–water partition coefficient (Wildman–Crippen LogP) is 1.96. The quantitative estimate of drug-likeness (QED) is 0.559. The first-order valence-electron chi connectivity index (χ1n) is 9.89. The van der Waals surface area contributed by atoms with Crippen LogP contribution in [-0.4, -0.2) is 48.9 Å². The number of aliphatic hydroxyl groups is 1. The van der Waals surface area contributed by atoms with Gasteiger partial charge in [0.25, 0.3) is 5.91 Å². The third-order valence-corrected chi connectivity index (χ3v) is 4.88. The van der Waals surface area contributed by atoms with Gasteiger partial charge in [-0.2, -0.15) is 0 Å². The van der Waals surface area contributed by atoms with Gasteiger partial charge >= 0.3 is 0 Å². The fraction of sp³-hybridized carbons (Fsp3) is 0.304. The second-order valence-electron chi connectivity index (χ2n) is 7.12. The molecule has 1 aliphatic heterocycles. The maximum absolute atomic E-state index is 13.3. The van der Waals surface area contributed by atoms with Crippen LogP contribution in [0.4, 0.5) is 4.39 Å². The van der Waals surface area contributed by atoms with Crippen LogP contribution >= 0.6 is 0 Å². The van der Waals surface area contributed by atoms with Crippen LogP contribution in [0.5, 0.6) is 5.75 Å². The number of methoxy groups -OCH3 is 1. The molecule has 3 rings (SSSR count). The molecule has 2 aromatic rings. The van der Waals surface area contributed by atoms with Crippen LogP contribution in [0, 0.1) is 5.82 Å². The maximum atomic E-state index is 13.3. The summed E-state index contributed by atoms with van der Waals surface area (Å²) < 4.78 is 24.2. The number of hydrogen-bond acceptors (Lipinski definition) is 5. The van der Waals surface area contributed by atoms with Crippen LogP contribution in [0.3, 0.4) is 0 Å². The van der Waals surface area contributed by atoms with E-state index >= 15 is 0 Å². The Morgan fingerprint density at radius 2 is 1.94 bits per heavy atom. The van der Waals surface area contributed by atoms with E-state index < -0.39 is 30.0 Å². The van der Waals surface area contributed by atoms with Gasteiger partial charge in [0, 0.05) is 12.1 Å². The zero-order chi connectivity index (χ0) is 22.2. The molecule has 0 radical (unpaired) electrons. The van der Waals surface area contributed by atoms with E-state index in [1.54, 1.807) is 19.3 Å². The number of carbonyl (C=O) groups excluding carboxylic acids is 2. The molecule has 0 aliphatic carbocycles. The highest BCUT2D eigenvalue weighted by Gasteiger charge is 2.29. The van der Waals surface area contributed by atoms with Gasteiger partial charge in [-0.05, 0) is 35.9 Å². The van der Waals surface area contributed by atoms with Crippen molar-refractivity contribution in [1.29, 1.82) is 0 Å². The molecule has 164 valence electrons. The molecule has 2 aromatic carbocycles. The number of halogens is 1. The first kappa shape index (κ1) is 22.5. The minimum absolute atomic E-state index is 0.0771. The summed E-state index contributed by atoms with van der Waals surface area (Å²) in [5, 5.41) is 15.2. The number of benzene rings is 2. The Morgan fingerprint density at radius 3 is 2.61 bits per heavy atom. The van der Waals surface area contributed by atoms with E-state index in [1.807, 2.05) is 24.3 Å². The number of amides is 2. The number of nitrogens with one attached hydrogen (secondary N) is 2. The number of aliphatic hydroxyl groups excluding tert-OH is 1. The Morgan fingerprint density at radius 1 is 1.16 bits per heavy atom. The molecule has 0 saturated heterocycles. The van der Waals surface area contributed by atoms with E-state index in [9.17, 15) is 19.1 Å². The van der Waals surface area contributed by atoms with Gasteiger partial charge in [0.2, 0.25) is 5.91 Å². The second kappa shape index (κ2) is 10.7. The summed E-state index contributed by atoms with van der Waals surface area (Å²) >= 11 is 0. The van der Waals surface area contributed by atoms with Crippen molar-refractivity contribution in [3.8, 4) is 5.75 Å². The number of hydrogen-bond donors (Lipinski definition) is 3. The van der Waals surface area contributed by atoms with Gasteiger partial charge in [-0.15, -0.1) is 0 Å². The Bertz CT molecular complexity index is 932. The summed E-state index contributed by atoms with van der Waals surface area (Å²) in [6, 6.07) is 12.1. The zero-order valence-electron chi connectivity index (χ0n) is 17.1. The molecule has 2 amide bonds. The SMILES string of the molecule is COc1ccc(CNC(=O)C[C@H]2C=C[C@@H](NC(=O)c3cccc(F)c3)[C@@H](CO)O2)cc1. The van der Waals surface area contributed by atoms with Gasteiger partial charge in [0.05, 0.1) is 32.3 Å². The van der Waals surface area contributed by atoms with Gasteiger partial charge in [0.1, 0.15) is 17.7 Å². The fourth-order valence-corrected chi connectivity index (χ4v) is 3.20. The lowest BCUT2D eigenvalue weighted by Gasteiger charge is -2.31. The van der Waals surface area contributed by atoms with Crippen molar-refractivity contribution in [2.24, 2.45) is 0 Å². The molecule has 7 nitrogen and oxygen atoms in total. The van der Waals surface area contributed by atoms with Gasteiger partial charge in [0.15, 0.2) is 0 Å². The Labute approximate surface area is 179 Å². The summed E-state index contributed by atoms with van der Waals surface area (Å²) in [5.41, 5.74) is 1.10. The van der Waals surface area contributed by atoms with Crippen LogP contribution in [-0.2, 0) is 16.1 Å². The molecular weight excluding hydrogens is 403 g/mol. The first-order valence-corrected chi connectivity index (χ1v) is 9.89. The van der Waals surface area contributed by atoms with Crippen LogP contribution < -0.4 is 15.4 Å². The molecule has 0 aromatic heterocycles. The van der Waals surface area contributed by atoms with Crippen molar-refractivity contribution in [2.45, 2.75) is 31.2 Å². The molecule has 0 saturated carbocycles. The van der Waals surface area contributed by atoms with Gasteiger partial charge < -0.3 is 25.2 Å². The molecule has 3 N–H and O–H groups in total. The molecular formula is C23H25FN2O5. The average molecular weight is 428 g/mol. The lowest BCUT2D eigenvalue weighted by Crippen LogP contribution is -2.49. The largest absolute Gasteiger partial charge is 0.497 e. The van der Waals surface area contributed by atoms with Crippen molar-refractivity contribution >= 4 is 11.8 Å². The smallest absolute Gasteiger partial charge is 0.251 e. The summed E-state index contributed by atoms with van der Waals surface area (Å²) in [7, 11) is 1.59. The number of rotatable bonds is 8. The summed E-state index contributed by atoms with van der Waals surface area (Å²) in [5.74, 6) is -0.455. The molecule has 0 unspecified atom stereocenters. The normalized spacial score (nSPS) is 20.2. The van der Waals surface area contributed by atoms with Gasteiger partial charge in [-0.3, -0.25) is 9.59 Å². The van der Waals surface area contributed by atoms with Crippen LogP contribution in [0.15, 0.2) is 60.7 Å². The standard InChI is InChI=1S/C23H25FN2O5/c1-30-18-7-5-15(6-8-18)13-25-22(28)12-19-9-10-20(21(14-27)31-19)26-23(29)16-3-2-4-17(24)11-16/h2-11,19-21,27H,12-14H2,1H3,(H,25,28)(H,26,29)/t19-,20-,21-/m1/s1. The Balaban J connectivity index is 1.51. The van der Waals surface area contributed by atoms with Crippen LogP contribution in [0.25, 0.3) is 0 Å². The van der Waals surface area contributed by atoms with Crippen LogP contribution in [0.1, 0.15) is 22.3 Å². The average Bonchev–Trinajstić information content (AvgIpc) is 2.79. The fourth-order valence-electron chi connectivity index (χ4n) is 3.20. The lowest BCUT2D eigenvalue weighted by atomic mass is 10.0. The first-order chi connectivity index (χ1) is 15.0. The van der Waals surface area contributed by atoms with E-state index in [2.05, 4.69) is 10.6 Å². The zero-order valence-corrected chi connectivity index (χ0v) is 17.1. The van der Waals surface area contributed by atoms with E-state index in [1.165, 1.54) is 18.2 Å². The van der Waals surface area contributed by atoms with E-state index in [-0.39, 0.29) is 24.5 Å². The molecule has 31 heavy (non-hydrogen) atoms. The minimum atomic E-state index is -0.720. The van der Waals surface area contributed by atoms with Crippen molar-refractivity contribution in [3.63, 3.8) is 0 Å². The summed E-state index contributed by atoms with van der Waals surface area (Å²) in [6.45, 7) is 0.0252. The molecule has 0 fully saturated rings. The second-order valence-corrected chi connectivity index (χ2v) is 7.12. The van der Waals surface area contributed by atoms with Gasteiger partial charge in [-0.25, -0.2) is 4.39 Å². The summed E-state index contributed by atoms with van der Waals surface area (Å²) in [6.07, 6.45) is 2.18. The van der Waals surface area contributed by atoms with Crippen molar-refractivity contribution < 1.29 is 28.6 Å². The van der Waals surface area contributed by atoms with Gasteiger partial charge in [-0.1, -0.05) is 30.4 Å². The summed E-state index contributed by atoms with van der Waals surface area (Å²) in [4.78, 5) is 24.6. The van der Waals surface area contributed by atoms with E-state index in [4.69, 9.17) is 9.47 Å². The van der Waals surface area contributed by atoms with E-state index in [0.717, 1.165) is 17.4 Å². The number of ether oxygens (including phenoxy) is 2. The highest BCUT2D eigenvalue weighted by atomic mass is 19.1. The maximum Gasteiger partial charge on any atom is 0.251 e. The monoisotopic (exact) mass is 428 g/mol. The van der Waals surface area contributed by atoms with Crippen molar-refractivity contribution in [1.82, 2.24) is 10.6 Å². The number of carbonyl (C=O) groups is 2. The highest BCUT2D eigenvalue weighted by molar-refractivity contribution is 5.94. The van der Waals surface area contributed by atoms with Crippen molar-refractivity contribution in [3.05, 3.63) is 77.6 Å². The highest BCUT2D eigenvalue weighted by Crippen LogP contribution is 2.17. The predicted molar refractivity (Wildman–Crippen MR) is 112 cm³/mol. The van der Waals surface area contributed by atoms with E-state index in [0.29, 0.717) is 6.54 Å². The van der Waals surface area contributed by atoms with Crippen LogP contribution in [0.2, 0.25) is 0 Å². The molecule has 3 atom stereocenters. The molecule has 0 spiro atoms.